The standard InChI is InChI=1S/C24H27NO2/c1-15(2)22-8-6-7-16(3)23(22)25-24(26)17(4)18-9-10-20-14-21(27-5)12-11-19(20)13-18/h6-15,17H,1-5H3,(H,25,26). The Morgan fingerprint density at radius 2 is 1.67 bits per heavy atom. The molecule has 1 amide bonds. The molecule has 0 fully saturated rings. The Bertz CT molecular complexity index is 975. The average molecular weight is 361 g/mol. The summed E-state index contributed by atoms with van der Waals surface area (Å²) < 4.78 is 5.28. The third-order valence-electron chi connectivity index (χ3n) is 5.14. The minimum absolute atomic E-state index is 0.0130. The van der Waals surface area contributed by atoms with Gasteiger partial charge in [-0.1, -0.05) is 56.3 Å². The minimum atomic E-state index is -0.240. The number of carbonyl (C=O) groups is 1. The van der Waals surface area contributed by atoms with E-state index in [-0.39, 0.29) is 11.8 Å². The maximum Gasteiger partial charge on any atom is 0.231 e. The summed E-state index contributed by atoms with van der Waals surface area (Å²) in [6.45, 7) is 8.28. The van der Waals surface area contributed by atoms with Crippen LogP contribution in [0.1, 0.15) is 49.3 Å². The molecular formula is C24H27NO2. The molecule has 0 aliphatic carbocycles. The van der Waals surface area contributed by atoms with E-state index in [4.69, 9.17) is 4.74 Å². The van der Waals surface area contributed by atoms with E-state index in [2.05, 4.69) is 31.3 Å². The summed E-state index contributed by atoms with van der Waals surface area (Å²) >= 11 is 0. The second-order valence-electron chi connectivity index (χ2n) is 7.38. The molecule has 0 heterocycles. The van der Waals surface area contributed by atoms with Gasteiger partial charge < -0.3 is 10.1 Å². The van der Waals surface area contributed by atoms with Crippen molar-refractivity contribution in [2.45, 2.75) is 39.5 Å². The summed E-state index contributed by atoms with van der Waals surface area (Å²) in [5, 5.41) is 5.37. The molecule has 3 aromatic carbocycles. The van der Waals surface area contributed by atoms with Gasteiger partial charge in [-0.3, -0.25) is 4.79 Å². The SMILES string of the molecule is COc1ccc2cc(C(C)C(=O)Nc3c(C)cccc3C(C)C)ccc2c1. The first-order valence-electron chi connectivity index (χ1n) is 9.38. The van der Waals surface area contributed by atoms with Crippen LogP contribution in [-0.2, 0) is 4.79 Å². The minimum Gasteiger partial charge on any atom is -0.497 e. The number of rotatable bonds is 5. The van der Waals surface area contributed by atoms with Crippen molar-refractivity contribution < 1.29 is 9.53 Å². The van der Waals surface area contributed by atoms with Gasteiger partial charge in [0.05, 0.1) is 13.0 Å². The van der Waals surface area contributed by atoms with Crippen LogP contribution in [0.15, 0.2) is 54.6 Å². The number of methoxy groups -OCH3 is 1. The number of anilines is 1. The van der Waals surface area contributed by atoms with Crippen LogP contribution in [0.3, 0.4) is 0 Å². The van der Waals surface area contributed by atoms with E-state index in [0.717, 1.165) is 33.3 Å². The molecule has 3 heteroatoms. The molecule has 0 spiro atoms. The van der Waals surface area contributed by atoms with Crippen molar-refractivity contribution in [3.8, 4) is 5.75 Å². The Morgan fingerprint density at radius 3 is 2.37 bits per heavy atom. The first-order chi connectivity index (χ1) is 12.9. The lowest BCUT2D eigenvalue weighted by molar-refractivity contribution is -0.117. The second-order valence-corrected chi connectivity index (χ2v) is 7.38. The number of amides is 1. The fourth-order valence-electron chi connectivity index (χ4n) is 3.36. The number of ether oxygens (including phenoxy) is 1. The van der Waals surface area contributed by atoms with Crippen LogP contribution < -0.4 is 10.1 Å². The summed E-state index contributed by atoms with van der Waals surface area (Å²) in [5.74, 6) is 0.961. The smallest absolute Gasteiger partial charge is 0.231 e. The van der Waals surface area contributed by atoms with Gasteiger partial charge in [0, 0.05) is 5.69 Å². The molecule has 0 radical (unpaired) electrons. The predicted octanol–water partition coefficient (Wildman–Crippen LogP) is 6.02. The van der Waals surface area contributed by atoms with Crippen LogP contribution in [-0.4, -0.2) is 13.0 Å². The summed E-state index contributed by atoms with van der Waals surface area (Å²) in [7, 11) is 1.67. The topological polar surface area (TPSA) is 38.3 Å². The Hall–Kier alpha value is -2.81. The van der Waals surface area contributed by atoms with Gasteiger partial charge >= 0.3 is 0 Å². The van der Waals surface area contributed by atoms with Gasteiger partial charge in [-0.05, 0) is 59.4 Å². The number of benzene rings is 3. The Kier molecular flexibility index (Phi) is 5.50. The lowest BCUT2D eigenvalue weighted by Gasteiger charge is -2.19. The van der Waals surface area contributed by atoms with Gasteiger partial charge in [-0.2, -0.15) is 0 Å². The Balaban J connectivity index is 1.87. The molecule has 3 nitrogen and oxygen atoms in total. The van der Waals surface area contributed by atoms with Crippen LogP contribution in [0.5, 0.6) is 5.75 Å². The van der Waals surface area contributed by atoms with Gasteiger partial charge in [0.2, 0.25) is 5.91 Å². The van der Waals surface area contributed by atoms with Crippen molar-refractivity contribution in [3.63, 3.8) is 0 Å². The molecule has 0 saturated carbocycles. The van der Waals surface area contributed by atoms with Gasteiger partial charge in [0.15, 0.2) is 0 Å². The van der Waals surface area contributed by atoms with Crippen molar-refractivity contribution in [2.75, 3.05) is 12.4 Å². The highest BCUT2D eigenvalue weighted by Gasteiger charge is 2.19. The van der Waals surface area contributed by atoms with E-state index in [1.807, 2.05) is 56.3 Å². The fourth-order valence-corrected chi connectivity index (χ4v) is 3.36. The summed E-state index contributed by atoms with van der Waals surface area (Å²) in [4.78, 5) is 12.9. The van der Waals surface area contributed by atoms with E-state index in [0.29, 0.717) is 5.92 Å². The molecule has 1 unspecified atom stereocenters. The van der Waals surface area contributed by atoms with Crippen molar-refractivity contribution in [1.29, 1.82) is 0 Å². The van der Waals surface area contributed by atoms with Gasteiger partial charge in [0.1, 0.15) is 5.75 Å². The van der Waals surface area contributed by atoms with Gasteiger partial charge in [-0.15, -0.1) is 0 Å². The van der Waals surface area contributed by atoms with Crippen molar-refractivity contribution >= 4 is 22.4 Å². The quantitative estimate of drug-likeness (QED) is 0.603. The largest absolute Gasteiger partial charge is 0.497 e. The maximum atomic E-state index is 12.9. The molecule has 0 saturated heterocycles. The normalized spacial score (nSPS) is 12.2. The van der Waals surface area contributed by atoms with E-state index < -0.39 is 0 Å². The first-order valence-corrected chi connectivity index (χ1v) is 9.38. The van der Waals surface area contributed by atoms with Crippen LogP contribution in [0.4, 0.5) is 5.69 Å². The zero-order chi connectivity index (χ0) is 19.6. The van der Waals surface area contributed by atoms with Crippen LogP contribution in [0.2, 0.25) is 0 Å². The van der Waals surface area contributed by atoms with Gasteiger partial charge in [0.25, 0.3) is 0 Å². The molecule has 0 aromatic heterocycles. The van der Waals surface area contributed by atoms with Crippen LogP contribution in [0.25, 0.3) is 10.8 Å². The van der Waals surface area contributed by atoms with Crippen molar-refractivity contribution in [2.24, 2.45) is 0 Å². The summed E-state index contributed by atoms with van der Waals surface area (Å²) in [6, 6.07) is 18.3. The third-order valence-corrected chi connectivity index (χ3v) is 5.14. The van der Waals surface area contributed by atoms with E-state index in [1.54, 1.807) is 7.11 Å². The Morgan fingerprint density at radius 1 is 0.963 bits per heavy atom. The zero-order valence-corrected chi connectivity index (χ0v) is 16.7. The fraction of sp³-hybridized carbons (Fsp3) is 0.292. The molecule has 140 valence electrons. The first kappa shape index (κ1) is 19.0. The van der Waals surface area contributed by atoms with Crippen molar-refractivity contribution in [3.05, 3.63) is 71.3 Å². The zero-order valence-electron chi connectivity index (χ0n) is 16.7. The van der Waals surface area contributed by atoms with Crippen molar-refractivity contribution in [1.82, 2.24) is 0 Å². The highest BCUT2D eigenvalue weighted by molar-refractivity contribution is 5.97. The number of hydrogen-bond donors (Lipinski definition) is 1. The predicted molar refractivity (Wildman–Crippen MR) is 113 cm³/mol. The molecule has 1 N–H and O–H groups in total. The molecule has 3 aromatic rings. The van der Waals surface area contributed by atoms with E-state index in [1.165, 1.54) is 5.56 Å². The molecule has 1 atom stereocenters. The summed E-state index contributed by atoms with van der Waals surface area (Å²) in [6.07, 6.45) is 0. The molecule has 0 bridgehead atoms. The average Bonchev–Trinajstić information content (AvgIpc) is 2.67. The molecular weight excluding hydrogens is 334 g/mol. The number of aryl methyl sites for hydroxylation is 1. The molecule has 27 heavy (non-hydrogen) atoms. The lowest BCUT2D eigenvalue weighted by atomic mass is 9.95. The third kappa shape index (κ3) is 3.97. The number of fused-ring (bicyclic) bond motifs is 1. The number of nitrogens with one attached hydrogen (secondary N) is 1. The van der Waals surface area contributed by atoms with Crippen LogP contribution in [0, 0.1) is 6.92 Å². The molecule has 0 aliphatic rings. The summed E-state index contributed by atoms with van der Waals surface area (Å²) in [5.41, 5.74) is 4.20. The van der Waals surface area contributed by atoms with Crippen LogP contribution >= 0.6 is 0 Å². The Labute approximate surface area is 161 Å². The molecule has 3 rings (SSSR count). The number of para-hydroxylation sites is 1. The molecule has 0 aliphatic heterocycles. The lowest BCUT2D eigenvalue weighted by Crippen LogP contribution is -2.20. The monoisotopic (exact) mass is 361 g/mol. The van der Waals surface area contributed by atoms with E-state index >= 15 is 0 Å². The maximum absolute atomic E-state index is 12.9. The highest BCUT2D eigenvalue weighted by atomic mass is 16.5. The van der Waals surface area contributed by atoms with Gasteiger partial charge in [-0.25, -0.2) is 0 Å². The second kappa shape index (κ2) is 7.83. The number of hydrogen-bond acceptors (Lipinski definition) is 2. The van der Waals surface area contributed by atoms with E-state index in [9.17, 15) is 4.79 Å². The number of carbonyl (C=O) groups excluding carboxylic acids is 1. The highest BCUT2D eigenvalue weighted by Crippen LogP contribution is 2.30.